The minimum Gasteiger partial charge on any atom is -0.389 e. The second kappa shape index (κ2) is 6.44. The summed E-state index contributed by atoms with van der Waals surface area (Å²) in [4.78, 5) is 0.329. The molecule has 0 fully saturated rings. The zero-order valence-electron chi connectivity index (χ0n) is 10.9. The van der Waals surface area contributed by atoms with Gasteiger partial charge in [-0.1, -0.05) is 53.6 Å². The maximum atomic E-state index is 6.20. The van der Waals surface area contributed by atoms with E-state index in [0.717, 1.165) is 16.8 Å². The van der Waals surface area contributed by atoms with E-state index in [-0.39, 0.29) is 6.04 Å². The first-order valence-electron chi connectivity index (χ1n) is 6.09. The molecular formula is C15H14Cl2N2S. The standard InChI is InChI=1S/C15H14Cl2N2S/c1-9(11-4-2-3-5-13(11)17)19-14-8-10(16)6-7-12(14)15(18)20/h2-9,19H,1H3,(H2,18,20). The van der Waals surface area contributed by atoms with E-state index >= 15 is 0 Å². The van der Waals surface area contributed by atoms with Crippen LogP contribution in [0.4, 0.5) is 5.69 Å². The Kier molecular flexibility index (Phi) is 4.86. The summed E-state index contributed by atoms with van der Waals surface area (Å²) in [6, 6.07) is 13.1. The maximum Gasteiger partial charge on any atom is 0.106 e. The Hall–Kier alpha value is -1.29. The summed E-state index contributed by atoms with van der Waals surface area (Å²) < 4.78 is 0. The van der Waals surface area contributed by atoms with Crippen LogP contribution in [0.25, 0.3) is 0 Å². The molecule has 2 aromatic carbocycles. The number of nitrogens with two attached hydrogens (primary N) is 1. The number of thiocarbonyl (C=S) groups is 1. The van der Waals surface area contributed by atoms with Gasteiger partial charge in [0.1, 0.15) is 4.99 Å². The van der Waals surface area contributed by atoms with E-state index in [1.807, 2.05) is 43.3 Å². The molecule has 2 nitrogen and oxygen atoms in total. The fourth-order valence-corrected chi connectivity index (χ4v) is 2.64. The van der Waals surface area contributed by atoms with Crippen LogP contribution in [0.3, 0.4) is 0 Å². The van der Waals surface area contributed by atoms with Gasteiger partial charge in [-0.3, -0.25) is 0 Å². The molecule has 0 aliphatic rings. The summed E-state index contributed by atoms with van der Waals surface area (Å²) in [5.74, 6) is 0. The highest BCUT2D eigenvalue weighted by atomic mass is 35.5. The average Bonchev–Trinajstić information content (AvgIpc) is 2.38. The lowest BCUT2D eigenvalue weighted by atomic mass is 10.1. The third-order valence-electron chi connectivity index (χ3n) is 2.99. The highest BCUT2D eigenvalue weighted by Gasteiger charge is 2.12. The van der Waals surface area contributed by atoms with Crippen LogP contribution in [-0.4, -0.2) is 4.99 Å². The van der Waals surface area contributed by atoms with Gasteiger partial charge in [-0.25, -0.2) is 0 Å². The van der Waals surface area contributed by atoms with Crippen molar-refractivity contribution >= 4 is 46.1 Å². The Morgan fingerprint density at radius 3 is 2.55 bits per heavy atom. The van der Waals surface area contributed by atoms with Gasteiger partial charge in [-0.2, -0.15) is 0 Å². The summed E-state index contributed by atoms with van der Waals surface area (Å²) in [6.07, 6.45) is 0. The molecule has 0 radical (unpaired) electrons. The van der Waals surface area contributed by atoms with Gasteiger partial charge in [0.2, 0.25) is 0 Å². The molecule has 0 saturated heterocycles. The second-order valence-corrected chi connectivity index (χ2v) is 5.73. The van der Waals surface area contributed by atoms with Crippen molar-refractivity contribution in [1.82, 2.24) is 0 Å². The summed E-state index contributed by atoms with van der Waals surface area (Å²) in [5, 5.41) is 4.69. The SMILES string of the molecule is CC(Nc1cc(Cl)ccc1C(N)=S)c1ccccc1Cl. The molecule has 20 heavy (non-hydrogen) atoms. The van der Waals surface area contributed by atoms with E-state index < -0.39 is 0 Å². The van der Waals surface area contributed by atoms with Gasteiger partial charge in [0.05, 0.1) is 6.04 Å². The highest BCUT2D eigenvalue weighted by molar-refractivity contribution is 7.80. The van der Waals surface area contributed by atoms with Gasteiger partial charge in [0.15, 0.2) is 0 Å². The number of nitrogens with one attached hydrogen (secondary N) is 1. The number of anilines is 1. The van der Waals surface area contributed by atoms with E-state index in [1.165, 1.54) is 0 Å². The fourth-order valence-electron chi connectivity index (χ4n) is 1.99. The van der Waals surface area contributed by atoms with Crippen molar-refractivity contribution in [3.63, 3.8) is 0 Å². The largest absolute Gasteiger partial charge is 0.389 e. The van der Waals surface area contributed by atoms with Crippen LogP contribution in [0.15, 0.2) is 42.5 Å². The number of hydrogen-bond acceptors (Lipinski definition) is 2. The first kappa shape index (κ1) is 15.1. The van der Waals surface area contributed by atoms with Crippen LogP contribution >= 0.6 is 35.4 Å². The molecule has 0 saturated carbocycles. The Bertz CT molecular complexity index is 644. The van der Waals surface area contributed by atoms with Gasteiger partial charge >= 0.3 is 0 Å². The lowest BCUT2D eigenvalue weighted by Crippen LogP contribution is -2.15. The Morgan fingerprint density at radius 2 is 1.90 bits per heavy atom. The van der Waals surface area contributed by atoms with Gasteiger partial charge in [0.25, 0.3) is 0 Å². The van der Waals surface area contributed by atoms with Crippen molar-refractivity contribution in [3.05, 3.63) is 63.6 Å². The summed E-state index contributed by atoms with van der Waals surface area (Å²) >= 11 is 17.3. The number of hydrogen-bond donors (Lipinski definition) is 2. The van der Waals surface area contributed by atoms with Crippen LogP contribution in [0.1, 0.15) is 24.1 Å². The van der Waals surface area contributed by atoms with E-state index in [1.54, 1.807) is 6.07 Å². The van der Waals surface area contributed by atoms with Crippen LogP contribution in [-0.2, 0) is 0 Å². The third kappa shape index (κ3) is 3.42. The maximum absolute atomic E-state index is 6.20. The van der Waals surface area contributed by atoms with E-state index in [4.69, 9.17) is 41.2 Å². The number of halogens is 2. The van der Waals surface area contributed by atoms with E-state index in [2.05, 4.69) is 5.32 Å². The monoisotopic (exact) mass is 324 g/mol. The van der Waals surface area contributed by atoms with Gasteiger partial charge < -0.3 is 11.1 Å². The fraction of sp³-hybridized carbons (Fsp3) is 0.133. The van der Waals surface area contributed by atoms with Crippen LogP contribution in [0, 0.1) is 0 Å². The lowest BCUT2D eigenvalue weighted by Gasteiger charge is -2.19. The molecule has 5 heteroatoms. The van der Waals surface area contributed by atoms with Crippen molar-refractivity contribution in [2.24, 2.45) is 5.73 Å². The van der Waals surface area contributed by atoms with Crippen LogP contribution in [0.2, 0.25) is 10.0 Å². The predicted molar refractivity (Wildman–Crippen MR) is 90.8 cm³/mol. The quantitative estimate of drug-likeness (QED) is 0.793. The molecule has 0 aliphatic carbocycles. The first-order valence-corrected chi connectivity index (χ1v) is 7.26. The Morgan fingerprint density at radius 1 is 1.20 bits per heavy atom. The highest BCUT2D eigenvalue weighted by Crippen LogP contribution is 2.28. The molecule has 3 N–H and O–H groups in total. The minimum absolute atomic E-state index is 0.00951. The van der Waals surface area contributed by atoms with Gasteiger partial charge in [0, 0.05) is 21.3 Å². The third-order valence-corrected chi connectivity index (χ3v) is 3.79. The number of benzene rings is 2. The average molecular weight is 325 g/mol. The molecule has 2 rings (SSSR count). The molecule has 0 heterocycles. The topological polar surface area (TPSA) is 38.0 Å². The van der Waals surface area contributed by atoms with Gasteiger partial charge in [-0.05, 0) is 36.8 Å². The second-order valence-electron chi connectivity index (χ2n) is 4.44. The minimum atomic E-state index is 0.00951. The molecule has 2 aromatic rings. The van der Waals surface area contributed by atoms with Crippen molar-refractivity contribution in [3.8, 4) is 0 Å². The van der Waals surface area contributed by atoms with Crippen LogP contribution in [0.5, 0.6) is 0 Å². The molecular weight excluding hydrogens is 311 g/mol. The van der Waals surface area contributed by atoms with E-state index in [0.29, 0.717) is 15.0 Å². The zero-order chi connectivity index (χ0) is 14.7. The lowest BCUT2D eigenvalue weighted by molar-refractivity contribution is 0.884. The van der Waals surface area contributed by atoms with Crippen molar-refractivity contribution in [2.45, 2.75) is 13.0 Å². The first-order chi connectivity index (χ1) is 9.49. The summed E-state index contributed by atoms with van der Waals surface area (Å²) in [5.41, 5.74) is 8.30. The van der Waals surface area contributed by atoms with E-state index in [9.17, 15) is 0 Å². The molecule has 0 bridgehead atoms. The smallest absolute Gasteiger partial charge is 0.106 e. The normalized spacial score (nSPS) is 11.9. The predicted octanol–water partition coefficient (Wildman–Crippen LogP) is 4.80. The van der Waals surface area contributed by atoms with Crippen molar-refractivity contribution in [2.75, 3.05) is 5.32 Å². The molecule has 0 amide bonds. The molecule has 0 aliphatic heterocycles. The molecule has 0 spiro atoms. The summed E-state index contributed by atoms with van der Waals surface area (Å²) in [6.45, 7) is 2.02. The van der Waals surface area contributed by atoms with Crippen molar-refractivity contribution < 1.29 is 0 Å². The zero-order valence-corrected chi connectivity index (χ0v) is 13.2. The molecule has 0 aromatic heterocycles. The molecule has 1 atom stereocenters. The van der Waals surface area contributed by atoms with Crippen LogP contribution < -0.4 is 11.1 Å². The molecule has 104 valence electrons. The number of rotatable bonds is 4. The summed E-state index contributed by atoms with van der Waals surface area (Å²) in [7, 11) is 0. The van der Waals surface area contributed by atoms with Crippen molar-refractivity contribution in [1.29, 1.82) is 0 Å². The Balaban J connectivity index is 2.32. The molecule has 1 unspecified atom stereocenters. The van der Waals surface area contributed by atoms with Gasteiger partial charge in [-0.15, -0.1) is 0 Å². The Labute approximate surface area is 133 Å².